The van der Waals surface area contributed by atoms with Crippen molar-refractivity contribution in [1.29, 1.82) is 0 Å². The predicted octanol–water partition coefficient (Wildman–Crippen LogP) is 3.33. The van der Waals surface area contributed by atoms with Crippen molar-refractivity contribution in [2.75, 3.05) is 31.8 Å². The van der Waals surface area contributed by atoms with E-state index in [9.17, 15) is 9.59 Å². The van der Waals surface area contributed by atoms with E-state index in [1.54, 1.807) is 37.4 Å². The number of nitrogens with two attached hydrogens (primary N) is 1. The van der Waals surface area contributed by atoms with Gasteiger partial charge in [-0.2, -0.15) is 0 Å². The van der Waals surface area contributed by atoms with Crippen LogP contribution in [-0.2, 0) is 9.53 Å². The fraction of sp³-hybridized carbons (Fsp3) is 0.222. The van der Waals surface area contributed by atoms with Gasteiger partial charge in [0.1, 0.15) is 23.3 Å². The van der Waals surface area contributed by atoms with Crippen LogP contribution in [0.2, 0.25) is 0 Å². The minimum atomic E-state index is -0.517. The van der Waals surface area contributed by atoms with E-state index in [4.69, 9.17) is 15.2 Å². The lowest BCUT2D eigenvalue weighted by Crippen LogP contribution is -2.39. The standard InChI is InChI=1S/C27H29N7O4/c1-6-21(35)32-18-10-7-16(8-11-18)23-22(24-25(28)30-15-31-34(24)33-23)17-9-12-19(20(13-17)37-4)26(36)29-14-27(2,3)38-5/h6-13,15H,1,14H2,2-5H3,(H,29,36)(H,32,35)(H2,28,30,31). The number of rotatable bonds is 9. The van der Waals surface area contributed by atoms with Crippen LogP contribution in [0.3, 0.4) is 0 Å². The van der Waals surface area contributed by atoms with Gasteiger partial charge < -0.3 is 25.8 Å². The van der Waals surface area contributed by atoms with Crippen LogP contribution in [0.5, 0.6) is 5.75 Å². The number of nitrogens with one attached hydrogen (secondary N) is 2. The molecule has 0 aliphatic heterocycles. The molecule has 0 aliphatic rings. The van der Waals surface area contributed by atoms with Gasteiger partial charge in [-0.05, 0) is 49.8 Å². The Balaban J connectivity index is 1.79. The van der Waals surface area contributed by atoms with E-state index in [0.717, 1.165) is 5.56 Å². The molecule has 2 amide bonds. The Hall–Kier alpha value is -4.77. The highest BCUT2D eigenvalue weighted by atomic mass is 16.5. The topological polar surface area (TPSA) is 146 Å². The van der Waals surface area contributed by atoms with Crippen LogP contribution < -0.4 is 21.1 Å². The molecular formula is C27H29N7O4. The lowest BCUT2D eigenvalue weighted by Gasteiger charge is -2.23. The number of ether oxygens (including phenoxy) is 2. The van der Waals surface area contributed by atoms with Crippen LogP contribution in [0.25, 0.3) is 27.9 Å². The molecule has 2 aromatic heterocycles. The van der Waals surface area contributed by atoms with E-state index in [1.807, 2.05) is 26.0 Å². The molecule has 0 aliphatic carbocycles. The second-order valence-corrected chi connectivity index (χ2v) is 9.04. The zero-order valence-corrected chi connectivity index (χ0v) is 21.6. The van der Waals surface area contributed by atoms with Gasteiger partial charge in [-0.3, -0.25) is 9.59 Å². The molecule has 0 saturated carbocycles. The summed E-state index contributed by atoms with van der Waals surface area (Å²) in [6.45, 7) is 7.55. The van der Waals surface area contributed by atoms with Crippen molar-refractivity contribution >= 4 is 28.8 Å². The minimum absolute atomic E-state index is 0.242. The van der Waals surface area contributed by atoms with Crippen molar-refractivity contribution in [1.82, 2.24) is 25.1 Å². The van der Waals surface area contributed by atoms with Crippen molar-refractivity contribution in [3.05, 3.63) is 67.0 Å². The average Bonchev–Trinajstić information content (AvgIpc) is 3.32. The number of carbonyl (C=O) groups excluding carboxylic acids is 2. The maximum Gasteiger partial charge on any atom is 0.255 e. The second-order valence-electron chi connectivity index (χ2n) is 9.04. The van der Waals surface area contributed by atoms with Crippen molar-refractivity contribution in [2.45, 2.75) is 19.4 Å². The Morgan fingerprint density at radius 2 is 1.84 bits per heavy atom. The molecule has 4 rings (SSSR count). The van der Waals surface area contributed by atoms with E-state index in [0.29, 0.717) is 45.9 Å². The molecule has 11 nitrogen and oxygen atoms in total. The number of nitrogens with zero attached hydrogens (tertiary/aromatic N) is 4. The third kappa shape index (κ3) is 5.32. The minimum Gasteiger partial charge on any atom is -0.496 e. The van der Waals surface area contributed by atoms with E-state index in [-0.39, 0.29) is 17.6 Å². The third-order valence-corrected chi connectivity index (χ3v) is 6.04. The number of hydrogen-bond donors (Lipinski definition) is 3. The van der Waals surface area contributed by atoms with Crippen molar-refractivity contribution in [3.63, 3.8) is 0 Å². The quantitative estimate of drug-likeness (QED) is 0.288. The van der Waals surface area contributed by atoms with Crippen LogP contribution in [0.4, 0.5) is 11.5 Å². The van der Waals surface area contributed by atoms with Crippen LogP contribution in [0, 0.1) is 0 Å². The number of carbonyl (C=O) groups is 2. The lowest BCUT2D eigenvalue weighted by atomic mass is 9.98. The summed E-state index contributed by atoms with van der Waals surface area (Å²) in [5, 5.41) is 14.5. The summed E-state index contributed by atoms with van der Waals surface area (Å²) in [7, 11) is 3.09. The van der Waals surface area contributed by atoms with Gasteiger partial charge in [-0.1, -0.05) is 24.8 Å². The molecule has 4 N–H and O–H groups in total. The zero-order valence-electron chi connectivity index (χ0n) is 21.6. The third-order valence-electron chi connectivity index (χ3n) is 6.04. The van der Waals surface area contributed by atoms with E-state index >= 15 is 0 Å². The monoisotopic (exact) mass is 515 g/mol. The van der Waals surface area contributed by atoms with Gasteiger partial charge in [0.25, 0.3) is 5.91 Å². The molecule has 11 heteroatoms. The molecule has 0 atom stereocenters. The van der Waals surface area contributed by atoms with E-state index in [2.05, 4.69) is 32.4 Å². The Morgan fingerprint density at radius 3 is 2.50 bits per heavy atom. The SMILES string of the molecule is C=CC(=O)Nc1ccc(-c2nn3ncnc(N)c3c2-c2ccc(C(=O)NCC(C)(C)OC)c(OC)c2)cc1. The molecule has 0 saturated heterocycles. The molecule has 0 bridgehead atoms. The van der Waals surface area contributed by atoms with Crippen LogP contribution in [-0.4, -0.2) is 58.0 Å². The largest absolute Gasteiger partial charge is 0.496 e. The summed E-state index contributed by atoms with van der Waals surface area (Å²) in [5.41, 5.74) is 9.91. The number of benzene rings is 2. The number of amides is 2. The van der Waals surface area contributed by atoms with Gasteiger partial charge in [0.05, 0.1) is 18.3 Å². The fourth-order valence-corrected chi connectivity index (χ4v) is 3.79. The van der Waals surface area contributed by atoms with Crippen LogP contribution in [0.1, 0.15) is 24.2 Å². The summed E-state index contributed by atoms with van der Waals surface area (Å²) >= 11 is 0. The summed E-state index contributed by atoms with van der Waals surface area (Å²) in [5.74, 6) is 0.0134. The van der Waals surface area contributed by atoms with Crippen LogP contribution >= 0.6 is 0 Å². The molecule has 0 spiro atoms. The molecule has 0 unspecified atom stereocenters. The summed E-state index contributed by atoms with van der Waals surface area (Å²) in [6, 6.07) is 12.4. The first-order valence-corrected chi connectivity index (χ1v) is 11.7. The summed E-state index contributed by atoms with van der Waals surface area (Å²) < 4.78 is 12.4. The highest BCUT2D eigenvalue weighted by molar-refractivity contribution is 6.01. The number of nitrogen functional groups attached to an aromatic ring is 1. The smallest absolute Gasteiger partial charge is 0.255 e. The van der Waals surface area contributed by atoms with Gasteiger partial charge in [-0.25, -0.2) is 4.98 Å². The summed E-state index contributed by atoms with van der Waals surface area (Å²) in [4.78, 5) is 28.7. The highest BCUT2D eigenvalue weighted by Gasteiger charge is 2.23. The average molecular weight is 516 g/mol. The fourth-order valence-electron chi connectivity index (χ4n) is 3.79. The predicted molar refractivity (Wildman–Crippen MR) is 145 cm³/mol. The molecule has 2 aromatic carbocycles. The Labute approximate surface area is 219 Å². The number of aromatic nitrogens is 4. The number of anilines is 2. The maximum atomic E-state index is 12.9. The molecule has 0 radical (unpaired) electrons. The molecular weight excluding hydrogens is 486 g/mol. The number of hydrogen-bond acceptors (Lipinski definition) is 8. The first-order valence-electron chi connectivity index (χ1n) is 11.7. The first-order chi connectivity index (χ1) is 18.2. The molecule has 2 heterocycles. The van der Waals surface area contributed by atoms with Gasteiger partial charge in [0, 0.05) is 30.5 Å². The van der Waals surface area contributed by atoms with Gasteiger partial charge in [0.2, 0.25) is 5.91 Å². The van der Waals surface area contributed by atoms with E-state index < -0.39 is 5.60 Å². The highest BCUT2D eigenvalue weighted by Crippen LogP contribution is 2.39. The normalized spacial score (nSPS) is 11.3. The van der Waals surface area contributed by atoms with Gasteiger partial charge in [0.15, 0.2) is 5.82 Å². The zero-order chi connectivity index (χ0) is 27.4. The van der Waals surface area contributed by atoms with Crippen molar-refractivity contribution in [3.8, 4) is 28.1 Å². The lowest BCUT2D eigenvalue weighted by molar-refractivity contribution is -0.111. The van der Waals surface area contributed by atoms with Gasteiger partial charge >= 0.3 is 0 Å². The van der Waals surface area contributed by atoms with Gasteiger partial charge in [-0.15, -0.1) is 14.8 Å². The van der Waals surface area contributed by atoms with E-state index in [1.165, 1.54) is 24.1 Å². The maximum absolute atomic E-state index is 12.9. The van der Waals surface area contributed by atoms with Crippen LogP contribution in [0.15, 0.2) is 61.4 Å². The van der Waals surface area contributed by atoms with Crippen molar-refractivity contribution < 1.29 is 19.1 Å². The van der Waals surface area contributed by atoms with Crippen molar-refractivity contribution in [2.24, 2.45) is 0 Å². The molecule has 0 fully saturated rings. The molecule has 196 valence electrons. The second kappa shape index (κ2) is 10.7. The first kappa shape index (κ1) is 26.3. The Bertz CT molecular complexity index is 1510. The molecule has 38 heavy (non-hydrogen) atoms. The number of fused-ring (bicyclic) bond motifs is 1. The number of methoxy groups -OCH3 is 2. The Morgan fingerprint density at radius 1 is 1.13 bits per heavy atom. The Kier molecular flexibility index (Phi) is 7.40. The summed E-state index contributed by atoms with van der Waals surface area (Å²) in [6.07, 6.45) is 2.53. The molecule has 4 aromatic rings.